The van der Waals surface area contributed by atoms with Crippen molar-refractivity contribution in [2.45, 2.75) is 26.3 Å². The highest BCUT2D eigenvalue weighted by Crippen LogP contribution is 2.10. The molecule has 0 radical (unpaired) electrons. The number of amides is 2. The summed E-state index contributed by atoms with van der Waals surface area (Å²) >= 11 is 0. The lowest BCUT2D eigenvalue weighted by atomic mass is 10.2. The molecule has 2 aromatic rings. The van der Waals surface area contributed by atoms with Gasteiger partial charge in [0.15, 0.2) is 0 Å². The minimum Gasteiger partial charge on any atom is -0.355 e. The molecule has 1 aliphatic heterocycles. The number of carbonyl (C=O) groups is 2. The number of hydrogen-bond acceptors (Lipinski definition) is 5. The zero-order chi connectivity index (χ0) is 19.9. The Morgan fingerprint density at radius 1 is 1.14 bits per heavy atom. The predicted molar refractivity (Wildman–Crippen MR) is 107 cm³/mol. The molecule has 0 aliphatic carbocycles. The Morgan fingerprint density at radius 2 is 1.89 bits per heavy atom. The molecule has 1 aliphatic rings. The van der Waals surface area contributed by atoms with Crippen molar-refractivity contribution in [2.24, 2.45) is 0 Å². The van der Waals surface area contributed by atoms with E-state index in [2.05, 4.69) is 15.3 Å². The number of nitrogens with zero attached hydrogens (tertiary/aromatic N) is 4. The van der Waals surface area contributed by atoms with Crippen molar-refractivity contribution in [1.82, 2.24) is 24.9 Å². The third-order valence-electron chi connectivity index (χ3n) is 4.96. The first-order valence-corrected chi connectivity index (χ1v) is 9.80. The second-order valence-electron chi connectivity index (χ2n) is 7.01. The monoisotopic (exact) mass is 385 g/mol. The van der Waals surface area contributed by atoms with Crippen molar-refractivity contribution in [3.05, 3.63) is 40.7 Å². The van der Waals surface area contributed by atoms with E-state index in [-0.39, 0.29) is 17.2 Å². The van der Waals surface area contributed by atoms with E-state index in [9.17, 15) is 14.4 Å². The van der Waals surface area contributed by atoms with Gasteiger partial charge in [-0.05, 0) is 18.6 Å². The zero-order valence-electron chi connectivity index (χ0n) is 16.3. The molecule has 2 amide bonds. The highest BCUT2D eigenvalue weighted by atomic mass is 16.2. The maximum absolute atomic E-state index is 12.6. The number of carbonyl (C=O) groups excluding carboxylic acids is 2. The van der Waals surface area contributed by atoms with E-state index in [0.29, 0.717) is 57.6 Å². The summed E-state index contributed by atoms with van der Waals surface area (Å²) in [5.41, 5.74) is 0.628. The molecule has 0 bridgehead atoms. The van der Waals surface area contributed by atoms with Crippen LogP contribution in [0.15, 0.2) is 35.3 Å². The van der Waals surface area contributed by atoms with Crippen LogP contribution in [0.3, 0.4) is 0 Å². The highest BCUT2D eigenvalue weighted by molar-refractivity contribution is 5.79. The molecule has 0 atom stereocenters. The Balaban J connectivity index is 1.50. The van der Waals surface area contributed by atoms with Crippen molar-refractivity contribution in [3.8, 4) is 0 Å². The number of aryl methyl sites for hydroxylation is 1. The van der Waals surface area contributed by atoms with Crippen molar-refractivity contribution in [2.75, 3.05) is 39.3 Å². The second kappa shape index (κ2) is 9.45. The van der Waals surface area contributed by atoms with E-state index in [1.807, 2.05) is 30.0 Å². The third kappa shape index (κ3) is 4.95. The van der Waals surface area contributed by atoms with Crippen molar-refractivity contribution in [3.63, 3.8) is 0 Å². The molecule has 150 valence electrons. The molecular weight excluding hydrogens is 358 g/mol. The van der Waals surface area contributed by atoms with Gasteiger partial charge in [0, 0.05) is 44.5 Å². The fourth-order valence-electron chi connectivity index (χ4n) is 3.38. The number of para-hydroxylation sites is 1. The summed E-state index contributed by atoms with van der Waals surface area (Å²) in [7, 11) is 0. The molecule has 8 nitrogen and oxygen atoms in total. The van der Waals surface area contributed by atoms with Crippen LogP contribution >= 0.6 is 0 Å². The Kier molecular flexibility index (Phi) is 6.76. The maximum Gasteiger partial charge on any atom is 0.234 e. The van der Waals surface area contributed by atoms with Crippen LogP contribution in [0.25, 0.3) is 10.9 Å². The quantitative estimate of drug-likeness (QED) is 0.748. The van der Waals surface area contributed by atoms with Gasteiger partial charge in [-0.3, -0.25) is 24.0 Å². The first-order valence-electron chi connectivity index (χ1n) is 9.80. The molecule has 3 rings (SSSR count). The van der Waals surface area contributed by atoms with Gasteiger partial charge < -0.3 is 10.2 Å². The molecule has 0 unspecified atom stereocenters. The van der Waals surface area contributed by atoms with E-state index in [0.717, 1.165) is 11.9 Å². The van der Waals surface area contributed by atoms with Gasteiger partial charge in [0.2, 0.25) is 17.2 Å². The molecule has 1 fully saturated rings. The van der Waals surface area contributed by atoms with Crippen LogP contribution in [0.5, 0.6) is 0 Å². The summed E-state index contributed by atoms with van der Waals surface area (Å²) in [6, 6.07) is 7.29. The summed E-state index contributed by atoms with van der Waals surface area (Å²) in [6.45, 7) is 6.18. The molecule has 1 aromatic heterocycles. The van der Waals surface area contributed by atoms with Crippen LogP contribution in [0.4, 0.5) is 0 Å². The average Bonchev–Trinajstić information content (AvgIpc) is 2.72. The molecule has 8 heteroatoms. The average molecular weight is 385 g/mol. The van der Waals surface area contributed by atoms with Gasteiger partial charge in [-0.1, -0.05) is 19.1 Å². The topological polar surface area (TPSA) is 87.5 Å². The minimum absolute atomic E-state index is 0.0396. The maximum atomic E-state index is 12.6. The number of piperazine rings is 1. The highest BCUT2D eigenvalue weighted by Gasteiger charge is 2.22. The Bertz CT molecular complexity index is 887. The summed E-state index contributed by atoms with van der Waals surface area (Å²) in [4.78, 5) is 40.2. The van der Waals surface area contributed by atoms with Crippen molar-refractivity contribution >= 4 is 22.7 Å². The molecular formula is C20H27N5O3. The van der Waals surface area contributed by atoms with Crippen molar-refractivity contribution < 1.29 is 9.59 Å². The van der Waals surface area contributed by atoms with E-state index in [1.165, 1.54) is 6.20 Å². The molecule has 1 aromatic carbocycles. The van der Waals surface area contributed by atoms with E-state index >= 15 is 0 Å². The van der Waals surface area contributed by atoms with Gasteiger partial charge in [0.05, 0.1) is 24.8 Å². The number of fused-ring (bicyclic) bond motifs is 1. The number of hydrogen-bond donors (Lipinski definition) is 1. The predicted octanol–water partition coefficient (Wildman–Crippen LogP) is 0.457. The summed E-state index contributed by atoms with van der Waals surface area (Å²) in [5.74, 6) is 0.109. The normalized spacial score (nSPS) is 15.0. The van der Waals surface area contributed by atoms with Crippen molar-refractivity contribution in [1.29, 1.82) is 0 Å². The Labute approximate surface area is 164 Å². The molecule has 1 saturated heterocycles. The van der Waals surface area contributed by atoms with E-state index in [4.69, 9.17) is 0 Å². The third-order valence-corrected chi connectivity index (χ3v) is 4.96. The van der Waals surface area contributed by atoms with Gasteiger partial charge in [0.25, 0.3) is 0 Å². The van der Waals surface area contributed by atoms with E-state index in [1.54, 1.807) is 10.7 Å². The largest absolute Gasteiger partial charge is 0.355 e. The van der Waals surface area contributed by atoms with Crippen LogP contribution in [0, 0.1) is 0 Å². The molecule has 1 N–H and O–H groups in total. The first kappa shape index (κ1) is 20.0. The van der Waals surface area contributed by atoms with Crippen LogP contribution in [-0.2, 0) is 16.1 Å². The number of aromatic nitrogens is 2. The summed E-state index contributed by atoms with van der Waals surface area (Å²) in [6.07, 6.45) is 2.56. The van der Waals surface area contributed by atoms with Crippen LogP contribution in [0.2, 0.25) is 0 Å². The van der Waals surface area contributed by atoms with Gasteiger partial charge >= 0.3 is 0 Å². The Morgan fingerprint density at radius 3 is 2.64 bits per heavy atom. The smallest absolute Gasteiger partial charge is 0.234 e. The van der Waals surface area contributed by atoms with Gasteiger partial charge in [0.1, 0.15) is 0 Å². The molecule has 28 heavy (non-hydrogen) atoms. The minimum atomic E-state index is -0.114. The fraction of sp³-hybridized carbons (Fsp3) is 0.500. The van der Waals surface area contributed by atoms with Gasteiger partial charge in [-0.15, -0.1) is 0 Å². The SMILES string of the molecule is CCCNC(=O)CN1CCN(C(=O)CCn2ncc(=O)c3ccccc32)CC1. The first-order chi connectivity index (χ1) is 13.6. The summed E-state index contributed by atoms with van der Waals surface area (Å²) < 4.78 is 1.71. The lowest BCUT2D eigenvalue weighted by Gasteiger charge is -2.34. The van der Waals surface area contributed by atoms with Crippen LogP contribution < -0.4 is 10.7 Å². The van der Waals surface area contributed by atoms with Crippen LogP contribution in [-0.4, -0.2) is 70.7 Å². The Hall–Kier alpha value is -2.74. The number of nitrogens with one attached hydrogen (secondary N) is 1. The lowest BCUT2D eigenvalue weighted by molar-refractivity contribution is -0.133. The molecule has 2 heterocycles. The van der Waals surface area contributed by atoms with Gasteiger partial charge in [-0.25, -0.2) is 0 Å². The molecule has 0 saturated carbocycles. The number of rotatable bonds is 7. The summed E-state index contributed by atoms with van der Waals surface area (Å²) in [5, 5.41) is 7.66. The molecule has 0 spiro atoms. The standard InChI is InChI=1S/C20H27N5O3/c1-2-8-21-19(27)15-23-10-12-24(13-11-23)20(28)7-9-25-17-6-4-3-5-16(17)18(26)14-22-25/h3-6,14H,2,7-13,15H2,1H3,(H,21,27). The van der Waals surface area contributed by atoms with Crippen LogP contribution in [0.1, 0.15) is 19.8 Å². The zero-order valence-corrected chi connectivity index (χ0v) is 16.3. The van der Waals surface area contributed by atoms with E-state index < -0.39 is 0 Å². The van der Waals surface area contributed by atoms with Gasteiger partial charge in [-0.2, -0.15) is 5.10 Å². The number of benzene rings is 1. The second-order valence-corrected chi connectivity index (χ2v) is 7.01. The fourth-order valence-corrected chi connectivity index (χ4v) is 3.38. The lowest BCUT2D eigenvalue weighted by Crippen LogP contribution is -2.51.